The maximum absolute atomic E-state index is 9.53. The lowest BCUT2D eigenvalue weighted by Crippen LogP contribution is -2.09. The van der Waals surface area contributed by atoms with E-state index in [9.17, 15) is 5.11 Å². The minimum absolute atomic E-state index is 0.673. The zero-order valence-corrected chi connectivity index (χ0v) is 7.99. The molecule has 1 N–H and O–H groups in total. The Hall–Kier alpha value is -1.04. The Bertz CT molecular complexity index is 315. The Balaban J connectivity index is 2.84. The van der Waals surface area contributed by atoms with E-state index >= 15 is 0 Å². The molecule has 0 fully saturated rings. The summed E-state index contributed by atoms with van der Waals surface area (Å²) >= 11 is 5.58. The zero-order chi connectivity index (χ0) is 9.84. The molecule has 2 atom stereocenters. The number of hydrogen-bond acceptors (Lipinski definition) is 2. The molecule has 0 aliphatic rings. The van der Waals surface area contributed by atoms with Gasteiger partial charge in [0.15, 0.2) is 0 Å². The summed E-state index contributed by atoms with van der Waals surface area (Å²) in [6.07, 6.45) is -0.910. The quantitative estimate of drug-likeness (QED) is 0.735. The van der Waals surface area contributed by atoms with E-state index in [0.717, 1.165) is 5.56 Å². The number of benzene rings is 1. The van der Waals surface area contributed by atoms with Crippen molar-refractivity contribution in [3.63, 3.8) is 0 Å². The second-order valence-electron chi connectivity index (χ2n) is 2.89. The van der Waals surface area contributed by atoms with Crippen molar-refractivity contribution in [1.29, 1.82) is 5.26 Å². The monoisotopic (exact) mass is 195 g/mol. The highest BCUT2D eigenvalue weighted by atomic mass is 35.5. The van der Waals surface area contributed by atoms with E-state index in [-0.39, 0.29) is 0 Å². The van der Waals surface area contributed by atoms with Crippen LogP contribution in [0.2, 0.25) is 0 Å². The molecule has 68 valence electrons. The van der Waals surface area contributed by atoms with Gasteiger partial charge in [-0.3, -0.25) is 0 Å². The average Bonchev–Trinajstić information content (AvgIpc) is 2.17. The van der Waals surface area contributed by atoms with Crippen molar-refractivity contribution in [2.75, 3.05) is 0 Å². The van der Waals surface area contributed by atoms with Crippen LogP contribution in [0.25, 0.3) is 0 Å². The fourth-order valence-electron chi connectivity index (χ4n) is 1.00. The van der Waals surface area contributed by atoms with Gasteiger partial charge in [-0.15, -0.1) is 11.6 Å². The molecule has 2 nitrogen and oxygen atoms in total. The maximum atomic E-state index is 9.53. The van der Waals surface area contributed by atoms with Crippen molar-refractivity contribution >= 4 is 11.6 Å². The molecule has 1 aromatic rings. The van der Waals surface area contributed by atoms with Crippen molar-refractivity contribution in [1.82, 2.24) is 0 Å². The van der Waals surface area contributed by atoms with E-state index in [2.05, 4.69) is 0 Å². The summed E-state index contributed by atoms with van der Waals surface area (Å²) in [6, 6.07) is 9.08. The van der Waals surface area contributed by atoms with E-state index in [0.29, 0.717) is 5.56 Å². The summed E-state index contributed by atoms with van der Waals surface area (Å²) in [6.45, 7) is 1.96. The van der Waals surface area contributed by atoms with Crippen LogP contribution in [-0.2, 0) is 0 Å². The molecule has 0 aliphatic carbocycles. The third-order valence-corrected chi connectivity index (χ3v) is 2.16. The summed E-state index contributed by atoms with van der Waals surface area (Å²) in [4.78, 5) is 0. The van der Waals surface area contributed by atoms with Gasteiger partial charge in [0.2, 0.25) is 0 Å². The summed E-state index contributed by atoms with van der Waals surface area (Å²) in [5.41, 5.74) is 1.78. The second-order valence-corrected chi connectivity index (χ2v) is 3.36. The summed E-state index contributed by atoms with van der Waals surface area (Å²) in [5, 5.41) is 17.1. The highest BCUT2D eigenvalue weighted by molar-refractivity contribution is 6.22. The number of hydrogen-bond donors (Lipinski definition) is 1. The molecule has 0 aliphatic heterocycles. The van der Waals surface area contributed by atoms with Crippen LogP contribution >= 0.6 is 11.6 Å². The van der Waals surface area contributed by atoms with E-state index < -0.39 is 11.5 Å². The van der Waals surface area contributed by atoms with Crippen LogP contribution in [0.4, 0.5) is 0 Å². The molecule has 0 saturated heterocycles. The highest BCUT2D eigenvalue weighted by Gasteiger charge is 2.16. The lowest BCUT2D eigenvalue weighted by Gasteiger charge is -2.10. The zero-order valence-electron chi connectivity index (χ0n) is 7.24. The van der Waals surface area contributed by atoms with Crippen LogP contribution < -0.4 is 0 Å². The van der Waals surface area contributed by atoms with Gasteiger partial charge < -0.3 is 5.11 Å². The van der Waals surface area contributed by atoms with Gasteiger partial charge in [0.1, 0.15) is 11.5 Å². The Labute approximate surface area is 82.4 Å². The molecular weight excluding hydrogens is 186 g/mol. The molecule has 2 unspecified atom stereocenters. The Morgan fingerprint density at radius 1 is 1.38 bits per heavy atom. The summed E-state index contributed by atoms with van der Waals surface area (Å²) < 4.78 is 0. The first kappa shape index (κ1) is 10.0. The van der Waals surface area contributed by atoms with E-state index in [1.54, 1.807) is 18.2 Å². The summed E-state index contributed by atoms with van der Waals surface area (Å²) in [7, 11) is 0. The van der Waals surface area contributed by atoms with Crippen molar-refractivity contribution in [3.8, 4) is 6.07 Å². The fraction of sp³-hybridized carbons (Fsp3) is 0.300. The molecule has 13 heavy (non-hydrogen) atoms. The lowest BCUT2D eigenvalue weighted by atomic mass is 10.1. The van der Waals surface area contributed by atoms with Gasteiger partial charge in [0.25, 0.3) is 0 Å². The molecule has 0 aromatic heterocycles. The molecule has 0 amide bonds. The first-order valence-corrected chi connectivity index (χ1v) is 4.37. The normalized spacial score (nSPS) is 14.6. The predicted octanol–water partition coefficient (Wildman–Crippen LogP) is 2.16. The molecule has 0 bridgehead atoms. The first-order chi connectivity index (χ1) is 6.15. The van der Waals surface area contributed by atoms with E-state index in [4.69, 9.17) is 16.9 Å². The van der Waals surface area contributed by atoms with Crippen molar-refractivity contribution in [3.05, 3.63) is 35.4 Å². The third kappa shape index (κ3) is 2.45. The van der Waals surface area contributed by atoms with Crippen molar-refractivity contribution < 1.29 is 5.11 Å². The van der Waals surface area contributed by atoms with Crippen LogP contribution in [0.1, 0.15) is 17.2 Å². The van der Waals surface area contributed by atoms with Crippen molar-refractivity contribution in [2.24, 2.45) is 0 Å². The maximum Gasteiger partial charge on any atom is 0.150 e. The first-order valence-electron chi connectivity index (χ1n) is 3.93. The molecular formula is C10H10ClNO. The smallest absolute Gasteiger partial charge is 0.150 e. The Morgan fingerprint density at radius 2 is 1.92 bits per heavy atom. The molecule has 1 aromatic carbocycles. The fourth-order valence-corrected chi connectivity index (χ4v) is 1.15. The van der Waals surface area contributed by atoms with Crippen LogP contribution in [0, 0.1) is 18.3 Å². The standard InChI is InChI=1S/C10H10ClNO/c1-7-2-4-8(5-3-7)10(13)9(11)6-12/h2-5,9-10,13H,1H3. The van der Waals surface area contributed by atoms with Gasteiger partial charge >= 0.3 is 0 Å². The van der Waals surface area contributed by atoms with Gasteiger partial charge in [0.05, 0.1) is 6.07 Å². The molecule has 3 heteroatoms. The number of aliphatic hydroxyl groups is 1. The van der Waals surface area contributed by atoms with Crippen LogP contribution in [0.5, 0.6) is 0 Å². The molecule has 0 saturated carbocycles. The second kappa shape index (κ2) is 4.27. The molecule has 0 radical (unpaired) electrons. The number of alkyl halides is 1. The lowest BCUT2D eigenvalue weighted by molar-refractivity contribution is 0.186. The SMILES string of the molecule is Cc1ccc(C(O)C(Cl)C#N)cc1. The van der Waals surface area contributed by atoms with Gasteiger partial charge in [-0.2, -0.15) is 5.26 Å². The van der Waals surface area contributed by atoms with Crippen molar-refractivity contribution in [2.45, 2.75) is 18.4 Å². The summed E-state index contributed by atoms with van der Waals surface area (Å²) in [5.74, 6) is 0. The molecule has 1 rings (SSSR count). The van der Waals surface area contributed by atoms with Crippen LogP contribution in [0.15, 0.2) is 24.3 Å². The number of nitrogens with zero attached hydrogens (tertiary/aromatic N) is 1. The topological polar surface area (TPSA) is 44.0 Å². The van der Waals surface area contributed by atoms with E-state index in [1.807, 2.05) is 19.1 Å². The van der Waals surface area contributed by atoms with Crippen LogP contribution in [-0.4, -0.2) is 10.5 Å². The number of aliphatic hydroxyl groups excluding tert-OH is 1. The van der Waals surface area contributed by atoms with E-state index in [1.165, 1.54) is 0 Å². The minimum Gasteiger partial charge on any atom is -0.386 e. The number of aryl methyl sites for hydroxylation is 1. The molecule has 0 heterocycles. The predicted molar refractivity (Wildman–Crippen MR) is 51.4 cm³/mol. The highest BCUT2D eigenvalue weighted by Crippen LogP contribution is 2.20. The van der Waals surface area contributed by atoms with Gasteiger partial charge in [-0.25, -0.2) is 0 Å². The van der Waals surface area contributed by atoms with Gasteiger partial charge in [-0.1, -0.05) is 29.8 Å². The Kier molecular flexibility index (Phi) is 3.30. The average molecular weight is 196 g/mol. The van der Waals surface area contributed by atoms with Crippen LogP contribution in [0.3, 0.4) is 0 Å². The molecule has 0 spiro atoms. The number of rotatable bonds is 2. The van der Waals surface area contributed by atoms with Gasteiger partial charge in [-0.05, 0) is 12.5 Å². The third-order valence-electron chi connectivity index (χ3n) is 1.82. The number of nitriles is 1. The van der Waals surface area contributed by atoms with Gasteiger partial charge in [0, 0.05) is 0 Å². The Morgan fingerprint density at radius 3 is 2.38 bits per heavy atom. The number of halogens is 1. The largest absolute Gasteiger partial charge is 0.386 e. The minimum atomic E-state index is -0.910.